The fraction of sp³-hybridized carbons (Fsp3) is 1.00. The van der Waals surface area contributed by atoms with Crippen LogP contribution in [0.25, 0.3) is 0 Å². The van der Waals surface area contributed by atoms with E-state index in [0.717, 1.165) is 0 Å². The highest BCUT2D eigenvalue weighted by Gasteiger charge is 2.60. The smallest absolute Gasteiger partial charge is 0.394 e. The summed E-state index contributed by atoms with van der Waals surface area (Å²) in [4.78, 5) is 0. The van der Waals surface area contributed by atoms with Gasteiger partial charge in [0.25, 0.3) is 0 Å². The Balaban J connectivity index is 1.20. The number of hydrogen-bond acceptors (Lipinski definition) is 21. The first-order valence-corrected chi connectivity index (χ1v) is 16.8. The lowest BCUT2D eigenvalue weighted by molar-refractivity contribution is -0.372. The van der Waals surface area contributed by atoms with Gasteiger partial charge in [-0.2, -0.15) is 8.42 Å². The van der Waals surface area contributed by atoms with Crippen molar-refractivity contribution in [1.82, 2.24) is 0 Å². The van der Waals surface area contributed by atoms with Crippen LogP contribution in [0.2, 0.25) is 0 Å². The lowest BCUT2D eigenvalue weighted by atomic mass is 9.96. The SMILES string of the molecule is CO[C@@H]1[C@H](O[C@@H]2[C@@H](O)[C@H](O)O[C@H](CO)[C@@H]2O)O[C@H]2CO[C@@H]1[C@@H]2O[C@@H]1O[C@H](CO)[C@H](OS(=O)(=O)O)[C@H](O[C@@H]2O[C@H]3CO[C@H]([C@@H]3O)[C@@H]2OC)[C@H]1O. The monoisotopic (exact) mass is 738 g/mol. The van der Waals surface area contributed by atoms with Crippen LogP contribution >= 0.6 is 0 Å². The third-order valence-electron chi connectivity index (χ3n) is 9.40. The quantitative estimate of drug-likeness (QED) is 0.0863. The van der Waals surface area contributed by atoms with Crippen LogP contribution < -0.4 is 0 Å². The molecule has 0 aromatic carbocycles. The average Bonchev–Trinajstić information content (AvgIpc) is 3.47. The van der Waals surface area contributed by atoms with Crippen LogP contribution in [0.15, 0.2) is 0 Å². The minimum atomic E-state index is -5.20. The molecule has 0 radical (unpaired) electrons. The fourth-order valence-corrected chi connectivity index (χ4v) is 7.49. The maximum atomic E-state index is 11.8. The molecule has 23 heteroatoms. The van der Waals surface area contributed by atoms with Crippen molar-refractivity contribution in [3.05, 3.63) is 0 Å². The summed E-state index contributed by atoms with van der Waals surface area (Å²) in [6, 6.07) is 0. The van der Waals surface area contributed by atoms with Gasteiger partial charge < -0.3 is 87.9 Å². The lowest BCUT2D eigenvalue weighted by Gasteiger charge is -2.48. The Morgan fingerprint density at radius 2 is 1.16 bits per heavy atom. The second-order valence-electron chi connectivity index (χ2n) is 12.3. The third-order valence-corrected chi connectivity index (χ3v) is 9.87. The maximum absolute atomic E-state index is 11.8. The number of fused-ring (bicyclic) bond motifs is 4. The molecule has 0 aromatic heterocycles. The molecule has 22 nitrogen and oxygen atoms in total. The number of hydrogen-bond donors (Lipinski definition) is 8. The molecule has 6 heterocycles. The van der Waals surface area contributed by atoms with Crippen molar-refractivity contribution in [1.29, 1.82) is 0 Å². The van der Waals surface area contributed by atoms with Gasteiger partial charge in [0.1, 0.15) is 97.7 Å². The van der Waals surface area contributed by atoms with Crippen LogP contribution in [0, 0.1) is 0 Å². The summed E-state index contributed by atoms with van der Waals surface area (Å²) in [7, 11) is -2.64. The zero-order valence-electron chi connectivity index (χ0n) is 26.1. The number of ether oxygens (including phenoxy) is 11. The Morgan fingerprint density at radius 3 is 1.80 bits per heavy atom. The van der Waals surface area contributed by atoms with Crippen molar-refractivity contribution in [3.8, 4) is 0 Å². The molecule has 6 fully saturated rings. The van der Waals surface area contributed by atoms with Gasteiger partial charge in [0.2, 0.25) is 0 Å². The van der Waals surface area contributed by atoms with E-state index in [0.29, 0.717) is 0 Å². The molecule has 0 aliphatic carbocycles. The molecule has 6 rings (SSSR count). The summed E-state index contributed by atoms with van der Waals surface area (Å²) in [5, 5.41) is 72.7. The molecule has 6 aliphatic heterocycles. The normalized spacial score (nSPS) is 51.6. The van der Waals surface area contributed by atoms with Crippen molar-refractivity contribution in [3.63, 3.8) is 0 Å². The molecule has 49 heavy (non-hydrogen) atoms. The summed E-state index contributed by atoms with van der Waals surface area (Å²) in [6.07, 6.45) is -27.4. The summed E-state index contributed by atoms with van der Waals surface area (Å²) in [5.41, 5.74) is 0. The predicted molar refractivity (Wildman–Crippen MR) is 147 cm³/mol. The van der Waals surface area contributed by atoms with Gasteiger partial charge >= 0.3 is 10.4 Å². The van der Waals surface area contributed by atoms with Gasteiger partial charge in [0.15, 0.2) is 25.2 Å². The molecule has 6 saturated heterocycles. The van der Waals surface area contributed by atoms with E-state index in [2.05, 4.69) is 0 Å². The minimum Gasteiger partial charge on any atom is -0.394 e. The van der Waals surface area contributed by atoms with Crippen LogP contribution in [-0.2, 0) is 66.7 Å². The highest BCUT2D eigenvalue weighted by atomic mass is 32.3. The Kier molecular flexibility index (Phi) is 11.8. The Labute approximate surface area is 279 Å². The summed E-state index contributed by atoms with van der Waals surface area (Å²) in [6.45, 7) is -1.71. The molecule has 6 aliphatic rings. The Bertz CT molecular complexity index is 1210. The molecular formula is C26H42O22S. The van der Waals surface area contributed by atoms with E-state index in [1.807, 2.05) is 0 Å². The van der Waals surface area contributed by atoms with Gasteiger partial charge in [-0.05, 0) is 0 Å². The molecule has 0 unspecified atom stereocenters. The summed E-state index contributed by atoms with van der Waals surface area (Å²) >= 11 is 0. The van der Waals surface area contributed by atoms with Crippen molar-refractivity contribution in [2.75, 3.05) is 40.6 Å². The molecule has 8 N–H and O–H groups in total. The highest BCUT2D eigenvalue weighted by Crippen LogP contribution is 2.40. The fourth-order valence-electron chi connectivity index (χ4n) is 6.97. The lowest BCUT2D eigenvalue weighted by Crippen LogP contribution is -2.66. The van der Waals surface area contributed by atoms with E-state index in [1.165, 1.54) is 14.2 Å². The Hall–Kier alpha value is -0.850. The van der Waals surface area contributed by atoms with Crippen molar-refractivity contribution in [2.45, 2.75) is 123 Å². The van der Waals surface area contributed by atoms with Gasteiger partial charge in [-0.25, -0.2) is 4.18 Å². The zero-order valence-corrected chi connectivity index (χ0v) is 26.9. The average molecular weight is 739 g/mol. The van der Waals surface area contributed by atoms with Gasteiger partial charge in [0, 0.05) is 14.2 Å². The molecule has 0 aromatic rings. The summed E-state index contributed by atoms with van der Waals surface area (Å²) < 4.78 is 101. The zero-order chi connectivity index (χ0) is 35.4. The van der Waals surface area contributed by atoms with Crippen LogP contribution in [0.4, 0.5) is 0 Å². The van der Waals surface area contributed by atoms with Crippen molar-refractivity contribution >= 4 is 10.4 Å². The molecule has 0 amide bonds. The first kappa shape index (κ1) is 37.9. The molecule has 4 bridgehead atoms. The van der Waals surface area contributed by atoms with Crippen LogP contribution in [0.1, 0.15) is 0 Å². The molecule has 20 atom stereocenters. The first-order valence-electron chi connectivity index (χ1n) is 15.4. The van der Waals surface area contributed by atoms with Crippen molar-refractivity contribution < 1.29 is 105 Å². The number of methoxy groups -OCH3 is 2. The van der Waals surface area contributed by atoms with Crippen LogP contribution in [0.5, 0.6) is 0 Å². The van der Waals surface area contributed by atoms with E-state index in [-0.39, 0.29) is 13.2 Å². The molecule has 0 saturated carbocycles. The number of aliphatic hydroxyl groups is 7. The third kappa shape index (κ3) is 7.38. The van der Waals surface area contributed by atoms with Gasteiger partial charge in [-0.15, -0.1) is 0 Å². The minimum absolute atomic E-state index is 0.0112. The predicted octanol–water partition coefficient (Wildman–Crippen LogP) is -6.52. The van der Waals surface area contributed by atoms with E-state index in [4.69, 9.17) is 56.3 Å². The molecule has 0 spiro atoms. The van der Waals surface area contributed by atoms with E-state index in [9.17, 15) is 48.7 Å². The van der Waals surface area contributed by atoms with Gasteiger partial charge in [0.05, 0.1) is 26.4 Å². The highest BCUT2D eigenvalue weighted by molar-refractivity contribution is 7.80. The number of aliphatic hydroxyl groups excluding tert-OH is 7. The van der Waals surface area contributed by atoms with Gasteiger partial charge in [-0.3, -0.25) is 4.55 Å². The second kappa shape index (κ2) is 15.2. The molecular weight excluding hydrogens is 696 g/mol. The number of rotatable bonds is 12. The van der Waals surface area contributed by atoms with E-state index >= 15 is 0 Å². The van der Waals surface area contributed by atoms with Gasteiger partial charge in [-0.1, -0.05) is 0 Å². The van der Waals surface area contributed by atoms with Crippen molar-refractivity contribution in [2.24, 2.45) is 0 Å². The first-order chi connectivity index (χ1) is 23.3. The van der Waals surface area contributed by atoms with E-state index in [1.54, 1.807) is 0 Å². The van der Waals surface area contributed by atoms with E-state index < -0.39 is 146 Å². The van der Waals surface area contributed by atoms with Crippen LogP contribution in [0.3, 0.4) is 0 Å². The Morgan fingerprint density at radius 1 is 0.592 bits per heavy atom. The van der Waals surface area contributed by atoms with Crippen LogP contribution in [-0.4, -0.2) is 212 Å². The second-order valence-corrected chi connectivity index (χ2v) is 13.4. The maximum Gasteiger partial charge on any atom is 0.397 e. The topological polar surface area (TPSA) is 307 Å². The standard InChI is InChI=1S/C26H42O22S/c1-37-21-18-12(30)9(5-39-18)43-25(21)47-19-14(32)24(42-8(4-28)16(19)48-49(34,35)36)45-15-10-6-40-20(15)22(38-2)26(44-10)46-17-11(29)7(3-27)41-23(33)13(17)31/h7-33H,3-6H2,1-2H3,(H,34,35,36)/t7-,8-,9+,10+,11+,12-,13-,14-,15-,16+,17+,18-,19-,20-,21+,22+,23-,24+,25+,26+/m1/s1. The molecule has 284 valence electrons. The summed E-state index contributed by atoms with van der Waals surface area (Å²) in [5.74, 6) is 0. The largest absolute Gasteiger partial charge is 0.397 e.